The number of rotatable bonds is 6. The number of hydrogen-bond acceptors (Lipinski definition) is 2. The standard InChI is InChI=1S/C14H23NO/c1-5-16-14-8-6-7-13(9-14)12(3)11(2)10-15-4/h6-9,11-12,15H,5,10H2,1-4H3. The predicted octanol–water partition coefficient (Wildman–Crippen LogP) is 3.04. The first-order valence-electron chi connectivity index (χ1n) is 6.06. The minimum absolute atomic E-state index is 0.549. The molecule has 0 saturated heterocycles. The van der Waals surface area contributed by atoms with Gasteiger partial charge in [-0.25, -0.2) is 0 Å². The molecule has 0 aliphatic carbocycles. The average Bonchev–Trinajstić information content (AvgIpc) is 2.29. The lowest BCUT2D eigenvalue weighted by Gasteiger charge is -2.20. The van der Waals surface area contributed by atoms with Gasteiger partial charge in [0.05, 0.1) is 6.61 Å². The van der Waals surface area contributed by atoms with Gasteiger partial charge in [-0.3, -0.25) is 0 Å². The number of hydrogen-bond donors (Lipinski definition) is 1. The maximum Gasteiger partial charge on any atom is 0.119 e. The van der Waals surface area contributed by atoms with Crippen molar-refractivity contribution in [3.8, 4) is 5.75 Å². The van der Waals surface area contributed by atoms with E-state index in [0.29, 0.717) is 11.8 Å². The monoisotopic (exact) mass is 221 g/mol. The summed E-state index contributed by atoms with van der Waals surface area (Å²) in [7, 11) is 2.00. The highest BCUT2D eigenvalue weighted by atomic mass is 16.5. The highest BCUT2D eigenvalue weighted by Gasteiger charge is 2.13. The molecule has 1 aromatic carbocycles. The minimum atomic E-state index is 0.549. The maximum atomic E-state index is 5.52. The summed E-state index contributed by atoms with van der Waals surface area (Å²) in [4.78, 5) is 0. The molecule has 0 fully saturated rings. The van der Waals surface area contributed by atoms with Crippen LogP contribution in [-0.4, -0.2) is 20.2 Å². The van der Waals surface area contributed by atoms with Gasteiger partial charge in [-0.15, -0.1) is 0 Å². The first kappa shape index (κ1) is 13.0. The lowest BCUT2D eigenvalue weighted by Crippen LogP contribution is -2.20. The normalized spacial score (nSPS) is 14.5. The van der Waals surface area contributed by atoms with Crippen molar-refractivity contribution in [2.45, 2.75) is 26.7 Å². The third-order valence-electron chi connectivity index (χ3n) is 3.07. The van der Waals surface area contributed by atoms with Gasteiger partial charge in [0, 0.05) is 0 Å². The molecule has 0 aromatic heterocycles. The Bertz CT molecular complexity index is 311. The summed E-state index contributed by atoms with van der Waals surface area (Å²) in [5.74, 6) is 2.15. The van der Waals surface area contributed by atoms with Crippen molar-refractivity contribution in [3.05, 3.63) is 29.8 Å². The third-order valence-corrected chi connectivity index (χ3v) is 3.07. The van der Waals surface area contributed by atoms with Crippen LogP contribution in [0.2, 0.25) is 0 Å². The lowest BCUT2D eigenvalue weighted by molar-refractivity contribution is 0.339. The Morgan fingerprint density at radius 2 is 2.06 bits per heavy atom. The van der Waals surface area contributed by atoms with E-state index in [9.17, 15) is 0 Å². The van der Waals surface area contributed by atoms with Gasteiger partial charge in [-0.05, 0) is 50.0 Å². The minimum Gasteiger partial charge on any atom is -0.494 e. The Morgan fingerprint density at radius 3 is 2.69 bits per heavy atom. The van der Waals surface area contributed by atoms with Crippen LogP contribution in [0.15, 0.2) is 24.3 Å². The Balaban J connectivity index is 2.74. The quantitative estimate of drug-likeness (QED) is 0.797. The van der Waals surface area contributed by atoms with E-state index in [1.54, 1.807) is 0 Å². The third kappa shape index (κ3) is 3.53. The molecule has 2 unspecified atom stereocenters. The first-order valence-corrected chi connectivity index (χ1v) is 6.06. The second-order valence-electron chi connectivity index (χ2n) is 4.33. The van der Waals surface area contributed by atoms with Crippen molar-refractivity contribution < 1.29 is 4.74 Å². The van der Waals surface area contributed by atoms with Crippen molar-refractivity contribution in [2.24, 2.45) is 5.92 Å². The molecule has 0 amide bonds. The van der Waals surface area contributed by atoms with Crippen LogP contribution in [0.3, 0.4) is 0 Å². The van der Waals surface area contributed by atoms with Crippen LogP contribution >= 0.6 is 0 Å². The summed E-state index contributed by atoms with van der Waals surface area (Å²) in [5, 5.41) is 3.23. The molecule has 90 valence electrons. The zero-order valence-corrected chi connectivity index (χ0v) is 10.8. The topological polar surface area (TPSA) is 21.3 Å². The summed E-state index contributed by atoms with van der Waals surface area (Å²) >= 11 is 0. The van der Waals surface area contributed by atoms with E-state index in [0.717, 1.165) is 18.9 Å². The van der Waals surface area contributed by atoms with E-state index in [-0.39, 0.29) is 0 Å². The van der Waals surface area contributed by atoms with E-state index in [4.69, 9.17) is 4.74 Å². The second-order valence-corrected chi connectivity index (χ2v) is 4.33. The van der Waals surface area contributed by atoms with Gasteiger partial charge in [0.25, 0.3) is 0 Å². The summed E-state index contributed by atoms with van der Waals surface area (Å²) in [5.41, 5.74) is 1.36. The van der Waals surface area contributed by atoms with E-state index < -0.39 is 0 Å². The number of nitrogens with one attached hydrogen (secondary N) is 1. The molecule has 2 nitrogen and oxygen atoms in total. The SMILES string of the molecule is CCOc1cccc(C(C)C(C)CNC)c1. The fraction of sp³-hybridized carbons (Fsp3) is 0.571. The van der Waals surface area contributed by atoms with Crippen molar-refractivity contribution in [2.75, 3.05) is 20.2 Å². The Morgan fingerprint density at radius 1 is 1.31 bits per heavy atom. The molecule has 0 radical (unpaired) electrons. The zero-order valence-electron chi connectivity index (χ0n) is 10.8. The fourth-order valence-corrected chi connectivity index (χ4v) is 1.88. The molecule has 1 N–H and O–H groups in total. The molecule has 1 rings (SSSR count). The van der Waals surface area contributed by atoms with E-state index in [1.165, 1.54) is 5.56 Å². The highest BCUT2D eigenvalue weighted by Crippen LogP contribution is 2.26. The van der Waals surface area contributed by atoms with Crippen molar-refractivity contribution >= 4 is 0 Å². The average molecular weight is 221 g/mol. The van der Waals surface area contributed by atoms with E-state index in [1.807, 2.05) is 20.0 Å². The molecule has 2 atom stereocenters. The summed E-state index contributed by atoms with van der Waals surface area (Å²) in [6.45, 7) is 8.32. The van der Waals surface area contributed by atoms with Gasteiger partial charge < -0.3 is 10.1 Å². The number of ether oxygens (including phenoxy) is 1. The Kier molecular flexibility index (Phi) is 5.33. The smallest absolute Gasteiger partial charge is 0.119 e. The molecule has 0 saturated carbocycles. The molecular weight excluding hydrogens is 198 g/mol. The molecular formula is C14H23NO. The van der Waals surface area contributed by atoms with Gasteiger partial charge >= 0.3 is 0 Å². The number of benzene rings is 1. The van der Waals surface area contributed by atoms with Crippen LogP contribution in [0.4, 0.5) is 0 Å². The Labute approximate surface area is 99.0 Å². The zero-order chi connectivity index (χ0) is 12.0. The van der Waals surface area contributed by atoms with Gasteiger partial charge in [-0.1, -0.05) is 26.0 Å². The van der Waals surface area contributed by atoms with Gasteiger partial charge in [-0.2, -0.15) is 0 Å². The van der Waals surface area contributed by atoms with Crippen molar-refractivity contribution in [1.29, 1.82) is 0 Å². The summed E-state index contributed by atoms with van der Waals surface area (Å²) < 4.78 is 5.52. The fourth-order valence-electron chi connectivity index (χ4n) is 1.88. The molecule has 2 heteroatoms. The molecule has 0 aliphatic rings. The van der Waals surface area contributed by atoms with Crippen molar-refractivity contribution in [1.82, 2.24) is 5.32 Å². The highest BCUT2D eigenvalue weighted by molar-refractivity contribution is 5.30. The van der Waals surface area contributed by atoms with Gasteiger partial charge in [0.15, 0.2) is 0 Å². The van der Waals surface area contributed by atoms with Crippen LogP contribution in [-0.2, 0) is 0 Å². The van der Waals surface area contributed by atoms with Gasteiger partial charge in [0.1, 0.15) is 5.75 Å². The maximum absolute atomic E-state index is 5.52. The lowest BCUT2D eigenvalue weighted by atomic mass is 9.89. The van der Waals surface area contributed by atoms with E-state index >= 15 is 0 Å². The van der Waals surface area contributed by atoms with Gasteiger partial charge in [0.2, 0.25) is 0 Å². The summed E-state index contributed by atoms with van der Waals surface area (Å²) in [6.07, 6.45) is 0. The van der Waals surface area contributed by atoms with Crippen LogP contribution in [0.25, 0.3) is 0 Å². The molecule has 1 aromatic rings. The molecule has 0 spiro atoms. The molecule has 0 aliphatic heterocycles. The second kappa shape index (κ2) is 6.54. The molecule has 16 heavy (non-hydrogen) atoms. The molecule has 0 bridgehead atoms. The van der Waals surface area contributed by atoms with Crippen LogP contribution in [0.5, 0.6) is 5.75 Å². The Hall–Kier alpha value is -1.02. The largest absolute Gasteiger partial charge is 0.494 e. The van der Waals surface area contributed by atoms with Crippen LogP contribution in [0, 0.1) is 5.92 Å². The molecule has 0 heterocycles. The van der Waals surface area contributed by atoms with Crippen molar-refractivity contribution in [3.63, 3.8) is 0 Å². The first-order chi connectivity index (χ1) is 7.69. The van der Waals surface area contributed by atoms with Crippen LogP contribution in [0.1, 0.15) is 32.3 Å². The van der Waals surface area contributed by atoms with E-state index in [2.05, 4.69) is 37.4 Å². The summed E-state index contributed by atoms with van der Waals surface area (Å²) in [6, 6.07) is 8.42. The predicted molar refractivity (Wildman–Crippen MR) is 69.1 cm³/mol. The van der Waals surface area contributed by atoms with Crippen LogP contribution < -0.4 is 10.1 Å².